The Hall–Kier alpha value is -0.870. The molecule has 0 saturated carbocycles. The minimum Gasteiger partial charge on any atom is -0.357 e. The van der Waals surface area contributed by atoms with Crippen LogP contribution in [0.25, 0.3) is 0 Å². The van der Waals surface area contributed by atoms with Crippen molar-refractivity contribution in [1.29, 1.82) is 0 Å². The molecular weight excluding hydrogens is 212 g/mol. The van der Waals surface area contributed by atoms with Crippen LogP contribution in [0.5, 0.6) is 0 Å². The first kappa shape index (κ1) is 9.68. The zero-order valence-electron chi connectivity index (χ0n) is 8.20. The van der Waals surface area contributed by atoms with Crippen molar-refractivity contribution in [3.8, 4) is 0 Å². The normalized spacial score (nSPS) is 10.4. The van der Waals surface area contributed by atoms with Gasteiger partial charge in [0.15, 0.2) is 5.13 Å². The maximum atomic E-state index is 4.35. The van der Waals surface area contributed by atoms with Gasteiger partial charge in [-0.2, -0.15) is 0 Å². The van der Waals surface area contributed by atoms with E-state index in [0.29, 0.717) is 0 Å². The summed E-state index contributed by atoms with van der Waals surface area (Å²) in [4.78, 5) is 5.74. The van der Waals surface area contributed by atoms with E-state index in [-0.39, 0.29) is 0 Å². The summed E-state index contributed by atoms with van der Waals surface area (Å²) in [6.45, 7) is 5.04. The maximum absolute atomic E-state index is 4.35. The highest BCUT2D eigenvalue weighted by Crippen LogP contribution is 2.19. The molecule has 4 heteroatoms. The predicted molar refractivity (Wildman–Crippen MR) is 63.2 cm³/mol. The molecule has 2 rings (SSSR count). The predicted octanol–water partition coefficient (Wildman–Crippen LogP) is 3.43. The molecule has 2 nitrogen and oxygen atoms in total. The lowest BCUT2D eigenvalue weighted by molar-refractivity contribution is 1.13. The van der Waals surface area contributed by atoms with Gasteiger partial charge in [-0.05, 0) is 30.9 Å². The maximum Gasteiger partial charge on any atom is 0.183 e. The summed E-state index contributed by atoms with van der Waals surface area (Å²) in [5.74, 6) is 0. The van der Waals surface area contributed by atoms with Crippen LogP contribution in [0.1, 0.15) is 16.1 Å². The van der Waals surface area contributed by atoms with E-state index in [1.807, 2.05) is 6.92 Å². The number of thiazole rings is 1. The number of rotatable bonds is 3. The van der Waals surface area contributed by atoms with Gasteiger partial charge in [-0.1, -0.05) is 0 Å². The van der Waals surface area contributed by atoms with Gasteiger partial charge in [0.25, 0.3) is 0 Å². The van der Waals surface area contributed by atoms with Crippen LogP contribution in [0.4, 0.5) is 5.13 Å². The van der Waals surface area contributed by atoms with E-state index in [1.54, 1.807) is 22.7 Å². The van der Waals surface area contributed by atoms with Crippen molar-refractivity contribution < 1.29 is 0 Å². The van der Waals surface area contributed by atoms with Gasteiger partial charge < -0.3 is 5.32 Å². The molecule has 14 heavy (non-hydrogen) atoms. The van der Waals surface area contributed by atoms with Crippen LogP contribution >= 0.6 is 22.7 Å². The molecule has 1 N–H and O–H groups in total. The molecule has 2 heterocycles. The van der Waals surface area contributed by atoms with E-state index in [0.717, 1.165) is 17.4 Å². The average Bonchev–Trinajstić information content (AvgIpc) is 2.72. The van der Waals surface area contributed by atoms with Gasteiger partial charge in [-0.25, -0.2) is 4.98 Å². The first-order valence-corrected chi connectivity index (χ1v) is 6.20. The standard InChI is InChI=1S/C10H12N2S2/c1-7-3-4-13-9(7)5-11-10-12-8(2)6-14-10/h3-4,6H,5H2,1-2H3,(H,11,12). The molecule has 0 aliphatic carbocycles. The molecule has 0 aliphatic rings. The van der Waals surface area contributed by atoms with Crippen molar-refractivity contribution in [2.24, 2.45) is 0 Å². The molecule has 0 spiro atoms. The highest BCUT2D eigenvalue weighted by molar-refractivity contribution is 7.13. The fourth-order valence-electron chi connectivity index (χ4n) is 1.18. The molecule has 0 aromatic carbocycles. The highest BCUT2D eigenvalue weighted by Gasteiger charge is 2.01. The second-order valence-corrected chi connectivity index (χ2v) is 5.03. The summed E-state index contributed by atoms with van der Waals surface area (Å²) in [5.41, 5.74) is 2.44. The molecule has 2 aromatic rings. The molecule has 0 bridgehead atoms. The Labute approximate surface area is 91.6 Å². The van der Waals surface area contributed by atoms with Crippen LogP contribution in [0.15, 0.2) is 16.8 Å². The van der Waals surface area contributed by atoms with Gasteiger partial charge >= 0.3 is 0 Å². The average molecular weight is 224 g/mol. The molecular formula is C10H12N2S2. The molecule has 0 fully saturated rings. The van der Waals surface area contributed by atoms with Crippen molar-refractivity contribution in [2.75, 3.05) is 5.32 Å². The van der Waals surface area contributed by atoms with E-state index < -0.39 is 0 Å². The summed E-state index contributed by atoms with van der Waals surface area (Å²) < 4.78 is 0. The van der Waals surface area contributed by atoms with E-state index in [9.17, 15) is 0 Å². The second kappa shape index (κ2) is 4.11. The third-order valence-corrected chi connectivity index (χ3v) is 3.93. The Morgan fingerprint density at radius 2 is 2.21 bits per heavy atom. The Balaban J connectivity index is 1.98. The van der Waals surface area contributed by atoms with E-state index in [4.69, 9.17) is 0 Å². The Kier molecular flexibility index (Phi) is 2.84. The van der Waals surface area contributed by atoms with E-state index in [1.165, 1.54) is 10.4 Å². The van der Waals surface area contributed by atoms with Crippen LogP contribution in [0.2, 0.25) is 0 Å². The summed E-state index contributed by atoms with van der Waals surface area (Å²) in [6.07, 6.45) is 0. The number of anilines is 1. The number of thiophene rings is 1. The molecule has 0 aliphatic heterocycles. The zero-order chi connectivity index (χ0) is 9.97. The van der Waals surface area contributed by atoms with Crippen molar-refractivity contribution in [2.45, 2.75) is 20.4 Å². The number of nitrogens with zero attached hydrogens (tertiary/aromatic N) is 1. The van der Waals surface area contributed by atoms with Crippen LogP contribution in [0, 0.1) is 13.8 Å². The lowest BCUT2D eigenvalue weighted by Crippen LogP contribution is -1.97. The minimum atomic E-state index is 0.885. The molecule has 0 radical (unpaired) electrons. The van der Waals surface area contributed by atoms with Crippen molar-refractivity contribution in [3.05, 3.63) is 33.0 Å². The van der Waals surface area contributed by atoms with Gasteiger partial charge in [0.2, 0.25) is 0 Å². The Bertz CT molecular complexity index is 417. The van der Waals surface area contributed by atoms with Crippen molar-refractivity contribution in [1.82, 2.24) is 4.98 Å². The van der Waals surface area contributed by atoms with Gasteiger partial charge in [-0.3, -0.25) is 0 Å². The molecule has 0 saturated heterocycles. The first-order chi connectivity index (χ1) is 6.75. The number of hydrogen-bond donors (Lipinski definition) is 1. The fraction of sp³-hybridized carbons (Fsp3) is 0.300. The van der Waals surface area contributed by atoms with Gasteiger partial charge in [0.1, 0.15) is 0 Å². The summed E-state index contributed by atoms with van der Waals surface area (Å²) >= 11 is 3.45. The van der Waals surface area contributed by atoms with Crippen LogP contribution in [-0.4, -0.2) is 4.98 Å². The van der Waals surface area contributed by atoms with Gasteiger partial charge in [-0.15, -0.1) is 22.7 Å². The summed E-state index contributed by atoms with van der Waals surface area (Å²) in [6, 6.07) is 2.15. The number of nitrogens with one attached hydrogen (secondary N) is 1. The fourth-order valence-corrected chi connectivity index (χ4v) is 2.71. The number of aryl methyl sites for hydroxylation is 2. The molecule has 0 atom stereocenters. The molecule has 0 amide bonds. The third kappa shape index (κ3) is 2.13. The topological polar surface area (TPSA) is 24.9 Å². The van der Waals surface area contributed by atoms with Gasteiger partial charge in [0.05, 0.1) is 12.2 Å². The van der Waals surface area contributed by atoms with Crippen LogP contribution < -0.4 is 5.32 Å². The summed E-state index contributed by atoms with van der Waals surface area (Å²) in [7, 11) is 0. The lowest BCUT2D eigenvalue weighted by atomic mass is 10.3. The summed E-state index contributed by atoms with van der Waals surface area (Å²) in [5, 5.41) is 8.52. The van der Waals surface area contributed by atoms with E-state index in [2.05, 4.69) is 34.1 Å². The van der Waals surface area contributed by atoms with Gasteiger partial charge in [0, 0.05) is 10.3 Å². The highest BCUT2D eigenvalue weighted by atomic mass is 32.1. The molecule has 2 aromatic heterocycles. The van der Waals surface area contributed by atoms with Crippen LogP contribution in [-0.2, 0) is 6.54 Å². The Morgan fingerprint density at radius 1 is 1.36 bits per heavy atom. The first-order valence-electron chi connectivity index (χ1n) is 4.44. The molecule has 0 unspecified atom stereocenters. The monoisotopic (exact) mass is 224 g/mol. The Morgan fingerprint density at radius 3 is 2.79 bits per heavy atom. The zero-order valence-corrected chi connectivity index (χ0v) is 9.84. The lowest BCUT2D eigenvalue weighted by Gasteiger charge is -2.00. The van der Waals surface area contributed by atoms with E-state index >= 15 is 0 Å². The quantitative estimate of drug-likeness (QED) is 0.864. The third-order valence-electron chi connectivity index (χ3n) is 1.99. The number of hydrogen-bond acceptors (Lipinski definition) is 4. The smallest absolute Gasteiger partial charge is 0.183 e. The number of aromatic nitrogens is 1. The SMILES string of the molecule is Cc1csc(NCc2sccc2C)n1. The largest absolute Gasteiger partial charge is 0.357 e. The minimum absolute atomic E-state index is 0.885. The van der Waals surface area contributed by atoms with Crippen LogP contribution in [0.3, 0.4) is 0 Å². The molecule has 74 valence electrons. The van der Waals surface area contributed by atoms with Crippen molar-refractivity contribution >= 4 is 27.8 Å². The second-order valence-electron chi connectivity index (χ2n) is 3.17. The van der Waals surface area contributed by atoms with Crippen molar-refractivity contribution in [3.63, 3.8) is 0 Å².